The summed E-state index contributed by atoms with van der Waals surface area (Å²) >= 11 is 11.7. The lowest BCUT2D eigenvalue weighted by Crippen LogP contribution is -2.42. The molecule has 1 aliphatic carbocycles. The van der Waals surface area contributed by atoms with Gasteiger partial charge in [0.05, 0.1) is 0 Å². The van der Waals surface area contributed by atoms with Gasteiger partial charge in [-0.25, -0.2) is 4.79 Å². The quantitative estimate of drug-likeness (QED) is 0.563. The first kappa shape index (κ1) is 22.2. The molecule has 0 heterocycles. The number of anilines is 1. The fourth-order valence-corrected chi connectivity index (χ4v) is 3.66. The van der Waals surface area contributed by atoms with E-state index in [1.165, 1.54) is 0 Å². The van der Waals surface area contributed by atoms with Gasteiger partial charge in [-0.15, -0.1) is 0 Å². The van der Waals surface area contributed by atoms with Crippen molar-refractivity contribution >= 4 is 40.8 Å². The molecule has 0 atom stereocenters. The molecular formula is C22H25Cl2N3O3. The van der Waals surface area contributed by atoms with Crippen molar-refractivity contribution in [3.05, 3.63) is 58.6 Å². The first-order chi connectivity index (χ1) is 14.5. The normalized spacial score (nSPS) is 18.3. The Morgan fingerprint density at radius 1 is 0.900 bits per heavy atom. The molecule has 30 heavy (non-hydrogen) atoms. The van der Waals surface area contributed by atoms with Crippen molar-refractivity contribution in [2.24, 2.45) is 5.92 Å². The van der Waals surface area contributed by atoms with Crippen molar-refractivity contribution in [1.29, 1.82) is 0 Å². The van der Waals surface area contributed by atoms with Gasteiger partial charge in [-0.05, 0) is 80.1 Å². The molecule has 160 valence electrons. The van der Waals surface area contributed by atoms with Gasteiger partial charge in [-0.1, -0.05) is 23.2 Å². The third-order valence-electron chi connectivity index (χ3n) is 5.05. The minimum atomic E-state index is -0.230. The molecule has 0 saturated heterocycles. The summed E-state index contributed by atoms with van der Waals surface area (Å²) in [7, 11) is 0. The maximum absolute atomic E-state index is 12.1. The molecule has 2 aromatic rings. The number of halogens is 2. The van der Waals surface area contributed by atoms with Crippen molar-refractivity contribution in [1.82, 2.24) is 10.6 Å². The summed E-state index contributed by atoms with van der Waals surface area (Å²) in [5.41, 5.74) is 0.698. The van der Waals surface area contributed by atoms with Crippen LogP contribution in [0.3, 0.4) is 0 Å². The molecule has 0 unspecified atom stereocenters. The lowest BCUT2D eigenvalue weighted by Gasteiger charge is -2.29. The molecular weight excluding hydrogens is 425 g/mol. The molecule has 6 nitrogen and oxygen atoms in total. The molecule has 0 radical (unpaired) electrons. The van der Waals surface area contributed by atoms with Gasteiger partial charge in [-0.2, -0.15) is 0 Å². The maximum atomic E-state index is 12.1. The van der Waals surface area contributed by atoms with Gasteiger partial charge in [0.2, 0.25) is 0 Å². The second-order valence-corrected chi connectivity index (χ2v) is 8.24. The van der Waals surface area contributed by atoms with Crippen LogP contribution in [0.5, 0.6) is 5.75 Å². The van der Waals surface area contributed by atoms with Crippen molar-refractivity contribution < 1.29 is 14.3 Å². The van der Waals surface area contributed by atoms with E-state index in [2.05, 4.69) is 16.0 Å². The number of hydrogen-bond acceptors (Lipinski definition) is 3. The van der Waals surface area contributed by atoms with Crippen LogP contribution in [0.15, 0.2) is 48.5 Å². The van der Waals surface area contributed by atoms with Crippen LogP contribution in [0.2, 0.25) is 10.0 Å². The van der Waals surface area contributed by atoms with E-state index in [4.69, 9.17) is 27.9 Å². The van der Waals surface area contributed by atoms with E-state index in [1.54, 1.807) is 48.5 Å². The van der Waals surface area contributed by atoms with E-state index in [9.17, 15) is 9.59 Å². The SMILES string of the molecule is O=C(NC[C@H]1CC[C@H](NC(=O)COc2ccc(Cl)cc2)CC1)Nc1ccc(Cl)cc1. The van der Waals surface area contributed by atoms with Crippen molar-refractivity contribution in [2.45, 2.75) is 31.7 Å². The van der Waals surface area contributed by atoms with E-state index >= 15 is 0 Å². The Bertz CT molecular complexity index is 836. The van der Waals surface area contributed by atoms with Crippen molar-refractivity contribution in [2.75, 3.05) is 18.5 Å². The summed E-state index contributed by atoms with van der Waals surface area (Å²) in [5.74, 6) is 0.884. The highest BCUT2D eigenvalue weighted by Crippen LogP contribution is 2.24. The summed E-state index contributed by atoms with van der Waals surface area (Å²) in [5, 5.41) is 9.98. The smallest absolute Gasteiger partial charge is 0.319 e. The molecule has 3 rings (SSSR count). The Balaban J connectivity index is 1.30. The van der Waals surface area contributed by atoms with Crippen molar-refractivity contribution in [3.63, 3.8) is 0 Å². The van der Waals surface area contributed by atoms with Crippen LogP contribution in [-0.2, 0) is 4.79 Å². The molecule has 0 bridgehead atoms. The standard InChI is InChI=1S/C22H25Cl2N3O3/c23-16-3-9-19(10-4-16)27-22(29)25-13-15-1-7-18(8-2-15)26-21(28)14-30-20-11-5-17(24)6-12-20/h3-6,9-12,15,18H,1-2,7-8,13-14H2,(H,26,28)(H2,25,27,29)/t15-,18-. The highest BCUT2D eigenvalue weighted by Gasteiger charge is 2.23. The zero-order valence-electron chi connectivity index (χ0n) is 16.5. The van der Waals surface area contributed by atoms with Crippen LogP contribution < -0.4 is 20.7 Å². The number of hydrogen-bond donors (Lipinski definition) is 3. The first-order valence-corrected chi connectivity index (χ1v) is 10.7. The molecule has 3 N–H and O–H groups in total. The minimum absolute atomic E-state index is 0.0199. The molecule has 0 aromatic heterocycles. The third kappa shape index (κ3) is 7.43. The molecule has 8 heteroatoms. The molecule has 3 amide bonds. The first-order valence-electron chi connectivity index (χ1n) is 9.96. The second-order valence-electron chi connectivity index (χ2n) is 7.37. The third-order valence-corrected chi connectivity index (χ3v) is 5.55. The zero-order valence-corrected chi connectivity index (χ0v) is 18.0. The number of carbonyl (C=O) groups is 2. The van der Waals surface area contributed by atoms with Crippen LogP contribution in [-0.4, -0.2) is 31.1 Å². The van der Waals surface area contributed by atoms with Crippen molar-refractivity contribution in [3.8, 4) is 5.75 Å². The minimum Gasteiger partial charge on any atom is -0.484 e. The summed E-state index contributed by atoms with van der Waals surface area (Å²) < 4.78 is 5.47. The van der Waals surface area contributed by atoms with Crippen LogP contribution in [0, 0.1) is 5.92 Å². The Morgan fingerprint density at radius 3 is 2.13 bits per heavy atom. The van der Waals surface area contributed by atoms with Gasteiger partial charge in [0.25, 0.3) is 5.91 Å². The average Bonchev–Trinajstić information content (AvgIpc) is 2.74. The Labute approximate surface area is 186 Å². The monoisotopic (exact) mass is 449 g/mol. The van der Waals surface area contributed by atoms with Gasteiger partial charge in [-0.3, -0.25) is 4.79 Å². The Hall–Kier alpha value is -2.44. The van der Waals surface area contributed by atoms with Gasteiger partial charge in [0.1, 0.15) is 5.75 Å². The number of amides is 3. The van der Waals surface area contributed by atoms with Crippen LogP contribution in [0.1, 0.15) is 25.7 Å². The number of rotatable bonds is 7. The van der Waals surface area contributed by atoms with Crippen LogP contribution in [0.25, 0.3) is 0 Å². The molecule has 1 aliphatic rings. The summed E-state index contributed by atoms with van der Waals surface area (Å²) in [6, 6.07) is 13.8. The number of urea groups is 1. The fraction of sp³-hybridized carbons (Fsp3) is 0.364. The molecule has 1 saturated carbocycles. The van der Waals surface area contributed by atoms with E-state index in [0.717, 1.165) is 25.7 Å². The summed E-state index contributed by atoms with van der Waals surface area (Å²) in [4.78, 5) is 24.1. The average molecular weight is 450 g/mol. The highest BCUT2D eigenvalue weighted by molar-refractivity contribution is 6.30. The van der Waals surface area contributed by atoms with E-state index < -0.39 is 0 Å². The molecule has 0 spiro atoms. The number of ether oxygens (including phenoxy) is 1. The lowest BCUT2D eigenvalue weighted by atomic mass is 9.86. The lowest BCUT2D eigenvalue weighted by molar-refractivity contribution is -0.124. The zero-order chi connectivity index (χ0) is 21.3. The molecule has 2 aromatic carbocycles. The summed E-state index contributed by atoms with van der Waals surface area (Å²) in [6.07, 6.45) is 3.67. The van der Waals surface area contributed by atoms with Crippen LogP contribution in [0.4, 0.5) is 10.5 Å². The van der Waals surface area contributed by atoms with Gasteiger partial charge >= 0.3 is 6.03 Å². The number of carbonyl (C=O) groups excluding carboxylic acids is 2. The van der Waals surface area contributed by atoms with Gasteiger partial charge < -0.3 is 20.7 Å². The molecule has 1 fully saturated rings. The number of nitrogens with one attached hydrogen (secondary N) is 3. The van der Waals surface area contributed by atoms with Crippen LogP contribution >= 0.6 is 23.2 Å². The Kier molecular flexibility index (Phi) is 8.22. The fourth-order valence-electron chi connectivity index (χ4n) is 3.41. The molecule has 0 aliphatic heterocycles. The number of benzene rings is 2. The predicted octanol–water partition coefficient (Wildman–Crippen LogP) is 4.87. The van der Waals surface area contributed by atoms with Gasteiger partial charge in [0, 0.05) is 28.3 Å². The highest BCUT2D eigenvalue weighted by atomic mass is 35.5. The predicted molar refractivity (Wildman–Crippen MR) is 119 cm³/mol. The summed E-state index contributed by atoms with van der Waals surface area (Å²) in [6.45, 7) is 0.591. The van der Waals surface area contributed by atoms with E-state index in [0.29, 0.717) is 33.9 Å². The topological polar surface area (TPSA) is 79.5 Å². The maximum Gasteiger partial charge on any atom is 0.319 e. The van der Waals surface area contributed by atoms with Gasteiger partial charge in [0.15, 0.2) is 6.61 Å². The Morgan fingerprint density at radius 2 is 1.50 bits per heavy atom. The van der Waals surface area contributed by atoms with E-state index in [1.807, 2.05) is 0 Å². The second kappa shape index (κ2) is 11.1. The van der Waals surface area contributed by atoms with E-state index in [-0.39, 0.29) is 24.6 Å². The largest absolute Gasteiger partial charge is 0.484 e.